The highest BCUT2D eigenvalue weighted by atomic mass is 16.5. The van der Waals surface area contributed by atoms with Crippen LogP contribution in [0.15, 0.2) is 48.5 Å². The average Bonchev–Trinajstić information content (AvgIpc) is 2.69. The minimum Gasteiger partial charge on any atom is -0.378 e. The number of rotatable bonds is 3. The SMILES string of the molecule is Cc1ccc2c(c1)CCCN2[C@@H](C(=O)N1CCOCC1)c1ccccc1. The first-order chi connectivity index (χ1) is 12.7. The summed E-state index contributed by atoms with van der Waals surface area (Å²) < 4.78 is 5.44. The summed E-state index contributed by atoms with van der Waals surface area (Å²) in [5.41, 5.74) is 4.91. The lowest BCUT2D eigenvalue weighted by molar-refractivity contribution is -0.137. The highest BCUT2D eigenvalue weighted by molar-refractivity contribution is 5.87. The van der Waals surface area contributed by atoms with E-state index in [1.165, 1.54) is 16.8 Å². The number of carbonyl (C=O) groups excluding carboxylic acids is 1. The molecule has 0 bridgehead atoms. The molecule has 2 aromatic carbocycles. The van der Waals surface area contributed by atoms with Crippen LogP contribution in [-0.2, 0) is 16.0 Å². The molecule has 2 aliphatic heterocycles. The Hall–Kier alpha value is -2.33. The Kier molecular flexibility index (Phi) is 4.93. The molecule has 0 radical (unpaired) electrons. The van der Waals surface area contributed by atoms with Crippen LogP contribution in [-0.4, -0.2) is 43.7 Å². The highest BCUT2D eigenvalue weighted by Gasteiger charge is 2.34. The van der Waals surface area contributed by atoms with E-state index in [4.69, 9.17) is 4.74 Å². The molecule has 2 heterocycles. The van der Waals surface area contributed by atoms with Crippen LogP contribution in [0.4, 0.5) is 5.69 Å². The quantitative estimate of drug-likeness (QED) is 0.851. The molecule has 1 atom stereocenters. The van der Waals surface area contributed by atoms with E-state index in [1.54, 1.807) is 0 Å². The largest absolute Gasteiger partial charge is 0.378 e. The number of amides is 1. The molecule has 1 amide bonds. The van der Waals surface area contributed by atoms with Crippen LogP contribution in [0.1, 0.15) is 29.2 Å². The van der Waals surface area contributed by atoms with Gasteiger partial charge in [-0.2, -0.15) is 0 Å². The van der Waals surface area contributed by atoms with Crippen molar-refractivity contribution < 1.29 is 9.53 Å². The van der Waals surface area contributed by atoms with E-state index in [2.05, 4.69) is 42.2 Å². The maximum absolute atomic E-state index is 13.5. The molecule has 0 aliphatic carbocycles. The predicted molar refractivity (Wildman–Crippen MR) is 103 cm³/mol. The monoisotopic (exact) mass is 350 g/mol. The molecule has 2 aliphatic rings. The number of morpholine rings is 1. The van der Waals surface area contributed by atoms with Crippen molar-refractivity contribution in [1.29, 1.82) is 0 Å². The van der Waals surface area contributed by atoms with Gasteiger partial charge in [0.1, 0.15) is 6.04 Å². The fraction of sp³-hybridized carbons (Fsp3) is 0.409. The second-order valence-electron chi connectivity index (χ2n) is 7.18. The third-order valence-electron chi connectivity index (χ3n) is 5.37. The van der Waals surface area contributed by atoms with Crippen molar-refractivity contribution >= 4 is 11.6 Å². The Morgan fingerprint density at radius 1 is 1.04 bits per heavy atom. The topological polar surface area (TPSA) is 32.8 Å². The Bertz CT molecular complexity index is 769. The number of nitrogens with zero attached hydrogens (tertiary/aromatic N) is 2. The van der Waals surface area contributed by atoms with Gasteiger partial charge in [0.25, 0.3) is 0 Å². The fourth-order valence-electron chi connectivity index (χ4n) is 4.07. The van der Waals surface area contributed by atoms with Crippen molar-refractivity contribution in [3.05, 3.63) is 65.2 Å². The summed E-state index contributed by atoms with van der Waals surface area (Å²) in [7, 11) is 0. The second-order valence-corrected chi connectivity index (χ2v) is 7.18. The van der Waals surface area contributed by atoms with Gasteiger partial charge in [0, 0.05) is 25.3 Å². The van der Waals surface area contributed by atoms with Crippen LogP contribution < -0.4 is 4.90 Å². The average molecular weight is 350 g/mol. The molecule has 1 fully saturated rings. The number of fused-ring (bicyclic) bond motifs is 1. The molecular weight excluding hydrogens is 324 g/mol. The lowest BCUT2D eigenvalue weighted by Gasteiger charge is -2.40. The van der Waals surface area contributed by atoms with Crippen molar-refractivity contribution in [2.45, 2.75) is 25.8 Å². The lowest BCUT2D eigenvalue weighted by Crippen LogP contribution is -2.48. The van der Waals surface area contributed by atoms with Crippen molar-refractivity contribution in [1.82, 2.24) is 4.90 Å². The van der Waals surface area contributed by atoms with Crippen molar-refractivity contribution in [3.63, 3.8) is 0 Å². The molecule has 1 saturated heterocycles. The first kappa shape index (κ1) is 17.1. The highest BCUT2D eigenvalue weighted by Crippen LogP contribution is 2.35. The first-order valence-corrected chi connectivity index (χ1v) is 9.52. The normalized spacial score (nSPS) is 18.3. The maximum Gasteiger partial charge on any atom is 0.250 e. The van der Waals surface area contributed by atoms with Crippen LogP contribution in [0.3, 0.4) is 0 Å². The number of ether oxygens (including phenoxy) is 1. The Labute approximate surface area is 155 Å². The van der Waals surface area contributed by atoms with Crippen LogP contribution in [0.5, 0.6) is 0 Å². The molecule has 26 heavy (non-hydrogen) atoms. The molecule has 0 spiro atoms. The zero-order valence-corrected chi connectivity index (χ0v) is 15.4. The molecule has 0 unspecified atom stereocenters. The van der Waals surface area contributed by atoms with Crippen LogP contribution in [0.25, 0.3) is 0 Å². The van der Waals surface area contributed by atoms with Gasteiger partial charge < -0.3 is 14.5 Å². The summed E-state index contributed by atoms with van der Waals surface area (Å²) in [4.78, 5) is 17.8. The molecule has 0 N–H and O–H groups in total. The van der Waals surface area contributed by atoms with E-state index >= 15 is 0 Å². The van der Waals surface area contributed by atoms with E-state index in [-0.39, 0.29) is 11.9 Å². The molecule has 136 valence electrons. The van der Waals surface area contributed by atoms with Crippen molar-refractivity contribution in [2.75, 3.05) is 37.7 Å². The summed E-state index contributed by atoms with van der Waals surface area (Å²) in [5.74, 6) is 0.188. The molecule has 4 heteroatoms. The van der Waals surface area contributed by atoms with Gasteiger partial charge in [-0.25, -0.2) is 0 Å². The summed E-state index contributed by atoms with van der Waals surface area (Å²) >= 11 is 0. The minimum absolute atomic E-state index is 0.188. The standard InChI is InChI=1S/C22H26N2O2/c1-17-9-10-20-19(16-17)8-5-11-24(20)21(18-6-3-2-4-7-18)22(25)23-12-14-26-15-13-23/h2-4,6-7,9-10,16,21H,5,8,11-15H2,1H3/t21-/m1/s1. The summed E-state index contributed by atoms with van der Waals surface area (Å²) in [6.07, 6.45) is 2.16. The minimum atomic E-state index is -0.268. The maximum atomic E-state index is 13.5. The third-order valence-corrected chi connectivity index (χ3v) is 5.37. The predicted octanol–water partition coefficient (Wildman–Crippen LogP) is 3.35. The van der Waals surface area contributed by atoms with E-state index in [1.807, 2.05) is 23.1 Å². The van der Waals surface area contributed by atoms with Crippen LogP contribution in [0.2, 0.25) is 0 Å². The lowest BCUT2D eigenvalue weighted by atomic mass is 9.95. The van der Waals surface area contributed by atoms with Gasteiger partial charge in [-0.1, -0.05) is 48.0 Å². The van der Waals surface area contributed by atoms with Crippen molar-refractivity contribution in [2.24, 2.45) is 0 Å². The molecule has 4 nitrogen and oxygen atoms in total. The van der Waals surface area contributed by atoms with Crippen LogP contribution >= 0.6 is 0 Å². The third kappa shape index (κ3) is 3.34. The molecule has 4 rings (SSSR count). The van der Waals surface area contributed by atoms with Gasteiger partial charge in [0.15, 0.2) is 0 Å². The van der Waals surface area contributed by atoms with E-state index in [0.717, 1.165) is 24.9 Å². The molecular formula is C22H26N2O2. The number of anilines is 1. The van der Waals surface area contributed by atoms with Gasteiger partial charge in [0.2, 0.25) is 5.91 Å². The van der Waals surface area contributed by atoms with Gasteiger partial charge in [0.05, 0.1) is 13.2 Å². The van der Waals surface area contributed by atoms with Crippen molar-refractivity contribution in [3.8, 4) is 0 Å². The summed E-state index contributed by atoms with van der Waals surface area (Å²) in [5, 5.41) is 0. The Balaban J connectivity index is 1.73. The van der Waals surface area contributed by atoms with Gasteiger partial charge in [-0.05, 0) is 37.0 Å². The number of hydrogen-bond donors (Lipinski definition) is 0. The van der Waals surface area contributed by atoms with E-state index < -0.39 is 0 Å². The van der Waals surface area contributed by atoms with Gasteiger partial charge >= 0.3 is 0 Å². The summed E-state index contributed by atoms with van der Waals surface area (Å²) in [6.45, 7) is 5.65. The Morgan fingerprint density at radius 3 is 2.58 bits per heavy atom. The number of carbonyl (C=O) groups is 1. The Morgan fingerprint density at radius 2 is 1.81 bits per heavy atom. The smallest absolute Gasteiger partial charge is 0.250 e. The second kappa shape index (κ2) is 7.50. The van der Waals surface area contributed by atoms with E-state index in [0.29, 0.717) is 26.3 Å². The molecule has 0 saturated carbocycles. The summed E-state index contributed by atoms with van der Waals surface area (Å²) in [6, 6.07) is 16.5. The van der Waals surface area contributed by atoms with Crippen LogP contribution in [0, 0.1) is 6.92 Å². The fourth-order valence-corrected chi connectivity index (χ4v) is 4.07. The number of hydrogen-bond acceptors (Lipinski definition) is 3. The number of aryl methyl sites for hydroxylation is 2. The zero-order valence-electron chi connectivity index (χ0n) is 15.4. The number of benzene rings is 2. The van der Waals surface area contributed by atoms with Gasteiger partial charge in [-0.3, -0.25) is 4.79 Å². The van der Waals surface area contributed by atoms with E-state index in [9.17, 15) is 4.79 Å². The zero-order chi connectivity index (χ0) is 17.9. The molecule has 0 aromatic heterocycles. The van der Waals surface area contributed by atoms with Gasteiger partial charge in [-0.15, -0.1) is 0 Å². The molecule has 2 aromatic rings. The first-order valence-electron chi connectivity index (χ1n) is 9.52.